The third-order valence-electron chi connectivity index (χ3n) is 5.38. The molecule has 4 rings (SSSR count). The Bertz CT molecular complexity index is 1390. The number of aromatic nitrogens is 3. The van der Waals surface area contributed by atoms with E-state index >= 15 is 0 Å². The molecule has 1 amide bonds. The molecule has 172 valence electrons. The zero-order chi connectivity index (χ0) is 23.5. The largest absolute Gasteiger partial charge is 0.497 e. The van der Waals surface area contributed by atoms with Crippen LogP contribution >= 0.6 is 11.8 Å². The van der Waals surface area contributed by atoms with E-state index in [4.69, 9.17) is 14.5 Å². The molecule has 0 bridgehead atoms. The van der Waals surface area contributed by atoms with Crippen molar-refractivity contribution in [2.45, 2.75) is 25.5 Å². The number of hydrogen-bond acceptors (Lipinski definition) is 6. The molecule has 0 fully saturated rings. The molecule has 0 saturated carbocycles. The summed E-state index contributed by atoms with van der Waals surface area (Å²) in [6.07, 6.45) is 0. The van der Waals surface area contributed by atoms with Gasteiger partial charge in [-0.1, -0.05) is 23.9 Å². The number of carbonyl (C=O) groups excluding carboxylic acids is 1. The summed E-state index contributed by atoms with van der Waals surface area (Å²) in [6.45, 7) is 4.74. The van der Waals surface area contributed by atoms with Crippen LogP contribution in [0.2, 0.25) is 0 Å². The van der Waals surface area contributed by atoms with Crippen molar-refractivity contribution in [2.75, 3.05) is 24.8 Å². The van der Waals surface area contributed by atoms with E-state index in [1.54, 1.807) is 17.7 Å². The minimum Gasteiger partial charge on any atom is -0.497 e. The van der Waals surface area contributed by atoms with Crippen molar-refractivity contribution in [3.05, 3.63) is 52.8 Å². The Morgan fingerprint density at radius 3 is 2.70 bits per heavy atom. The number of fused-ring (bicyclic) bond motifs is 3. The lowest BCUT2D eigenvalue weighted by Crippen LogP contribution is -2.24. The highest BCUT2D eigenvalue weighted by atomic mass is 32.2. The van der Waals surface area contributed by atoms with Crippen LogP contribution in [0.15, 0.2) is 52.4 Å². The molecule has 0 radical (unpaired) electrons. The molecule has 0 unspecified atom stereocenters. The van der Waals surface area contributed by atoms with Crippen molar-refractivity contribution in [3.8, 4) is 11.5 Å². The maximum absolute atomic E-state index is 13.3. The average Bonchev–Trinajstić information content (AvgIpc) is 3.10. The van der Waals surface area contributed by atoms with Crippen molar-refractivity contribution in [1.29, 1.82) is 0 Å². The standard InChI is InChI=1S/C24H26N4O4S/c1-5-28-23(30)22-21(16-13-15(31-4)11-12-18(16)27(22)3)26-24(28)33-14-20(29)25-17-9-7-8-10-19(17)32-6-2/h7-13H,5-6,14H2,1-4H3,(H,25,29). The van der Waals surface area contributed by atoms with Gasteiger partial charge in [0.25, 0.3) is 5.56 Å². The molecule has 0 aliphatic carbocycles. The van der Waals surface area contributed by atoms with Crippen LogP contribution in [-0.4, -0.2) is 39.5 Å². The summed E-state index contributed by atoms with van der Waals surface area (Å²) in [5.41, 5.74) is 2.50. The Hall–Kier alpha value is -3.46. The zero-order valence-electron chi connectivity index (χ0n) is 19.0. The fourth-order valence-electron chi connectivity index (χ4n) is 3.82. The van der Waals surface area contributed by atoms with Crippen molar-refractivity contribution < 1.29 is 14.3 Å². The number of ether oxygens (including phenoxy) is 2. The van der Waals surface area contributed by atoms with E-state index in [1.807, 2.05) is 61.9 Å². The smallest absolute Gasteiger partial charge is 0.278 e. The first kappa shape index (κ1) is 22.7. The number of anilines is 1. The minimum absolute atomic E-state index is 0.104. The van der Waals surface area contributed by atoms with Crippen LogP contribution in [-0.2, 0) is 18.4 Å². The number of hydrogen-bond donors (Lipinski definition) is 1. The summed E-state index contributed by atoms with van der Waals surface area (Å²) >= 11 is 1.23. The van der Waals surface area contributed by atoms with Gasteiger partial charge in [0.1, 0.15) is 22.5 Å². The van der Waals surface area contributed by atoms with Gasteiger partial charge in [-0.05, 0) is 44.2 Å². The van der Waals surface area contributed by atoms with Crippen molar-refractivity contribution >= 4 is 45.3 Å². The number of methoxy groups -OCH3 is 1. The maximum Gasteiger partial charge on any atom is 0.278 e. The number of benzene rings is 2. The maximum atomic E-state index is 13.3. The number of carbonyl (C=O) groups is 1. The Balaban J connectivity index is 1.67. The second kappa shape index (κ2) is 9.58. The molecule has 2 heterocycles. The van der Waals surface area contributed by atoms with E-state index in [0.717, 1.165) is 10.9 Å². The summed E-state index contributed by atoms with van der Waals surface area (Å²) in [5, 5.41) is 4.22. The monoisotopic (exact) mass is 466 g/mol. The molecular formula is C24H26N4O4S. The van der Waals surface area contributed by atoms with E-state index in [9.17, 15) is 9.59 Å². The first-order valence-corrected chi connectivity index (χ1v) is 11.7. The van der Waals surface area contributed by atoms with Gasteiger partial charge in [-0.15, -0.1) is 0 Å². The van der Waals surface area contributed by atoms with E-state index in [0.29, 0.717) is 46.5 Å². The lowest BCUT2D eigenvalue weighted by Gasteiger charge is -2.12. The molecule has 0 atom stereocenters. The second-order valence-corrected chi connectivity index (χ2v) is 8.29. The fraction of sp³-hybridized carbons (Fsp3) is 0.292. The number of amides is 1. The predicted molar refractivity (Wildman–Crippen MR) is 132 cm³/mol. The summed E-state index contributed by atoms with van der Waals surface area (Å²) in [7, 11) is 3.46. The molecule has 0 spiro atoms. The molecule has 1 N–H and O–H groups in total. The predicted octanol–water partition coefficient (Wildman–Crippen LogP) is 4.05. The van der Waals surface area contributed by atoms with Crippen LogP contribution in [0.4, 0.5) is 5.69 Å². The van der Waals surface area contributed by atoms with Gasteiger partial charge in [0.2, 0.25) is 5.91 Å². The van der Waals surface area contributed by atoms with Crippen LogP contribution in [0, 0.1) is 0 Å². The van der Waals surface area contributed by atoms with Crippen LogP contribution in [0.5, 0.6) is 11.5 Å². The normalized spacial score (nSPS) is 11.2. The first-order valence-electron chi connectivity index (χ1n) is 10.7. The van der Waals surface area contributed by atoms with Gasteiger partial charge < -0.3 is 19.4 Å². The van der Waals surface area contributed by atoms with Crippen LogP contribution in [0.3, 0.4) is 0 Å². The highest BCUT2D eigenvalue weighted by Gasteiger charge is 2.19. The highest BCUT2D eigenvalue weighted by Crippen LogP contribution is 2.30. The fourth-order valence-corrected chi connectivity index (χ4v) is 4.67. The first-order chi connectivity index (χ1) is 16.0. The van der Waals surface area contributed by atoms with Crippen LogP contribution in [0.25, 0.3) is 21.9 Å². The molecule has 2 aromatic heterocycles. The van der Waals surface area contributed by atoms with Crippen molar-refractivity contribution in [3.63, 3.8) is 0 Å². The molecule has 2 aromatic carbocycles. The van der Waals surface area contributed by atoms with Gasteiger partial charge in [-0.25, -0.2) is 4.98 Å². The molecule has 33 heavy (non-hydrogen) atoms. The topological polar surface area (TPSA) is 87.4 Å². The number of nitrogens with zero attached hydrogens (tertiary/aromatic N) is 3. The van der Waals surface area contributed by atoms with Crippen LogP contribution in [0.1, 0.15) is 13.8 Å². The van der Waals surface area contributed by atoms with Gasteiger partial charge in [-0.2, -0.15) is 0 Å². The Morgan fingerprint density at radius 1 is 1.18 bits per heavy atom. The third-order valence-corrected chi connectivity index (χ3v) is 6.35. The molecule has 8 nitrogen and oxygen atoms in total. The quantitative estimate of drug-likeness (QED) is 0.311. The van der Waals surface area contributed by atoms with Crippen molar-refractivity contribution in [1.82, 2.24) is 14.1 Å². The van der Waals surface area contributed by atoms with Gasteiger partial charge in [0.05, 0.1) is 30.7 Å². The van der Waals surface area contributed by atoms with Gasteiger partial charge in [0, 0.05) is 19.0 Å². The molecule has 0 aliphatic rings. The molecule has 4 aromatic rings. The summed E-state index contributed by atoms with van der Waals surface area (Å²) in [6, 6.07) is 13.0. The Kier molecular flexibility index (Phi) is 6.60. The highest BCUT2D eigenvalue weighted by molar-refractivity contribution is 7.99. The SMILES string of the molecule is CCOc1ccccc1NC(=O)CSc1nc2c3cc(OC)ccc3n(C)c2c(=O)n1CC. The molecule has 0 aliphatic heterocycles. The van der Waals surface area contributed by atoms with E-state index in [2.05, 4.69) is 5.32 Å². The zero-order valence-corrected chi connectivity index (χ0v) is 19.9. The van der Waals surface area contributed by atoms with Gasteiger partial charge >= 0.3 is 0 Å². The number of aryl methyl sites for hydroxylation is 1. The number of thioether (sulfide) groups is 1. The molecule has 0 saturated heterocycles. The lowest BCUT2D eigenvalue weighted by molar-refractivity contribution is -0.113. The second-order valence-electron chi connectivity index (χ2n) is 7.35. The number of nitrogens with one attached hydrogen (secondary N) is 1. The van der Waals surface area contributed by atoms with E-state index in [1.165, 1.54) is 11.8 Å². The number of rotatable bonds is 8. The average molecular weight is 467 g/mol. The Morgan fingerprint density at radius 2 is 1.97 bits per heavy atom. The van der Waals surface area contributed by atoms with Crippen LogP contribution < -0.4 is 20.3 Å². The van der Waals surface area contributed by atoms with E-state index < -0.39 is 0 Å². The van der Waals surface area contributed by atoms with Gasteiger partial charge in [-0.3, -0.25) is 14.2 Å². The molecular weight excluding hydrogens is 440 g/mol. The summed E-state index contributed by atoms with van der Waals surface area (Å²) < 4.78 is 14.4. The summed E-state index contributed by atoms with van der Waals surface area (Å²) in [5.74, 6) is 1.21. The Labute approximate surface area is 195 Å². The van der Waals surface area contributed by atoms with Gasteiger partial charge in [0.15, 0.2) is 5.16 Å². The summed E-state index contributed by atoms with van der Waals surface area (Å²) in [4.78, 5) is 30.8. The third kappa shape index (κ3) is 4.28. The minimum atomic E-state index is -0.205. The van der Waals surface area contributed by atoms with Crippen molar-refractivity contribution in [2.24, 2.45) is 7.05 Å². The number of para-hydroxylation sites is 2. The van der Waals surface area contributed by atoms with E-state index in [-0.39, 0.29) is 17.2 Å². The molecule has 9 heteroatoms. The lowest BCUT2D eigenvalue weighted by atomic mass is 10.2.